The second-order valence-electron chi connectivity index (χ2n) is 5.53. The van der Waals surface area contributed by atoms with Crippen molar-refractivity contribution in [2.45, 2.75) is 6.92 Å². The Morgan fingerprint density at radius 1 is 1.36 bits per heavy atom. The fourth-order valence-corrected chi connectivity index (χ4v) is 3.26. The normalized spacial score (nSPS) is 25.8. The van der Waals surface area contributed by atoms with Crippen molar-refractivity contribution < 1.29 is 23.2 Å². The summed E-state index contributed by atoms with van der Waals surface area (Å²) in [5.74, 6) is -2.30. The van der Waals surface area contributed by atoms with E-state index in [1.807, 2.05) is 0 Å². The summed E-state index contributed by atoms with van der Waals surface area (Å²) < 4.78 is 32.9. The lowest BCUT2D eigenvalue weighted by atomic mass is 10.2. The van der Waals surface area contributed by atoms with Gasteiger partial charge in [-0.2, -0.15) is 0 Å². The van der Waals surface area contributed by atoms with E-state index in [2.05, 4.69) is 0 Å². The maximum Gasteiger partial charge on any atom is 0.309 e. The Morgan fingerprint density at radius 2 is 1.91 bits per heavy atom. The number of carbonyl (C=O) groups excluding carboxylic acids is 1. The first kappa shape index (κ1) is 14.7. The first-order valence-corrected chi connectivity index (χ1v) is 6.99. The molecule has 1 saturated carbocycles. The minimum Gasteiger partial charge on any atom is -0.466 e. The van der Waals surface area contributed by atoms with E-state index in [1.165, 1.54) is 4.90 Å². The minimum absolute atomic E-state index is 0.0352. The predicted molar refractivity (Wildman–Crippen MR) is 72.3 cm³/mol. The Kier molecular flexibility index (Phi) is 3.46. The quantitative estimate of drug-likeness (QED) is 0.484. The molecule has 1 aromatic carbocycles. The maximum atomic E-state index is 14.0. The molecule has 0 aromatic heterocycles. The number of piperidine rings is 1. The first-order valence-electron chi connectivity index (χ1n) is 6.99. The summed E-state index contributed by atoms with van der Waals surface area (Å²) in [5.41, 5.74) is -0.882. The Balaban J connectivity index is 1.74. The van der Waals surface area contributed by atoms with E-state index in [0.29, 0.717) is 31.8 Å². The molecule has 0 N–H and O–H groups in total. The molecule has 118 valence electrons. The summed E-state index contributed by atoms with van der Waals surface area (Å²) in [6.07, 6.45) is 0. The Hall–Kier alpha value is -2.25. The molecule has 1 aromatic rings. The highest BCUT2D eigenvalue weighted by Crippen LogP contribution is 2.53. The average Bonchev–Trinajstić information content (AvgIpc) is 2.94. The van der Waals surface area contributed by atoms with Crippen LogP contribution >= 0.6 is 0 Å². The summed E-state index contributed by atoms with van der Waals surface area (Å²) in [4.78, 5) is 22.9. The number of non-ortho nitro benzene ring substituents is 1. The molecule has 2 unspecified atom stereocenters. The van der Waals surface area contributed by atoms with Crippen LogP contribution in [-0.4, -0.2) is 30.6 Å². The third-order valence-corrected chi connectivity index (χ3v) is 4.28. The van der Waals surface area contributed by atoms with Gasteiger partial charge in [-0.15, -0.1) is 0 Å². The Morgan fingerprint density at radius 3 is 2.36 bits per heavy atom. The van der Waals surface area contributed by atoms with E-state index < -0.39 is 22.2 Å². The largest absolute Gasteiger partial charge is 0.466 e. The molecule has 0 bridgehead atoms. The zero-order chi connectivity index (χ0) is 16.0. The van der Waals surface area contributed by atoms with Gasteiger partial charge in [-0.05, 0) is 18.8 Å². The molecule has 1 aliphatic carbocycles. The van der Waals surface area contributed by atoms with E-state index in [1.54, 1.807) is 6.92 Å². The highest BCUT2D eigenvalue weighted by atomic mass is 19.1. The summed E-state index contributed by atoms with van der Waals surface area (Å²) in [6, 6.07) is 1.43. The number of nitrogens with zero attached hydrogens (tertiary/aromatic N) is 2. The monoisotopic (exact) mass is 312 g/mol. The molecule has 2 aliphatic rings. The molecule has 1 aliphatic heterocycles. The van der Waals surface area contributed by atoms with Crippen LogP contribution in [0.15, 0.2) is 12.1 Å². The number of hydrogen-bond acceptors (Lipinski definition) is 5. The van der Waals surface area contributed by atoms with Gasteiger partial charge in [-0.25, -0.2) is 8.78 Å². The minimum atomic E-state index is -0.958. The number of ether oxygens (including phenoxy) is 1. The van der Waals surface area contributed by atoms with Crippen molar-refractivity contribution in [2.75, 3.05) is 24.6 Å². The third-order valence-electron chi connectivity index (χ3n) is 4.28. The van der Waals surface area contributed by atoms with Crippen molar-refractivity contribution in [2.24, 2.45) is 17.8 Å². The van der Waals surface area contributed by atoms with E-state index >= 15 is 0 Å². The van der Waals surface area contributed by atoms with Gasteiger partial charge in [-0.3, -0.25) is 14.9 Å². The molecular formula is C14H14F2N2O4. The molecule has 3 rings (SSSR count). The van der Waals surface area contributed by atoms with E-state index in [0.717, 1.165) is 0 Å². The average molecular weight is 312 g/mol. The van der Waals surface area contributed by atoms with Crippen LogP contribution in [0.2, 0.25) is 0 Å². The number of anilines is 1. The molecule has 1 heterocycles. The number of carbonyl (C=O) groups is 1. The van der Waals surface area contributed by atoms with Crippen LogP contribution in [0.3, 0.4) is 0 Å². The highest BCUT2D eigenvalue weighted by Gasteiger charge is 2.60. The lowest BCUT2D eigenvalue weighted by molar-refractivity contribution is -0.385. The number of fused-ring (bicyclic) bond motifs is 1. The summed E-state index contributed by atoms with van der Waals surface area (Å²) in [6.45, 7) is 2.73. The van der Waals surface area contributed by atoms with Gasteiger partial charge in [0.1, 0.15) is 5.69 Å². The van der Waals surface area contributed by atoms with Gasteiger partial charge >= 0.3 is 5.97 Å². The van der Waals surface area contributed by atoms with Crippen molar-refractivity contribution in [3.8, 4) is 0 Å². The second kappa shape index (κ2) is 5.19. The number of halogens is 2. The van der Waals surface area contributed by atoms with Crippen LogP contribution in [0.4, 0.5) is 20.2 Å². The molecule has 2 atom stereocenters. The molecule has 0 radical (unpaired) electrons. The van der Waals surface area contributed by atoms with Gasteiger partial charge < -0.3 is 9.64 Å². The van der Waals surface area contributed by atoms with Gasteiger partial charge in [0.25, 0.3) is 5.69 Å². The Labute approximate surface area is 124 Å². The van der Waals surface area contributed by atoms with E-state index in [4.69, 9.17) is 4.74 Å². The van der Waals surface area contributed by atoms with E-state index in [-0.39, 0.29) is 29.4 Å². The van der Waals surface area contributed by atoms with Gasteiger partial charge in [-0.1, -0.05) is 0 Å². The summed E-state index contributed by atoms with van der Waals surface area (Å²) in [5, 5.41) is 10.6. The van der Waals surface area contributed by atoms with Crippen molar-refractivity contribution in [1.82, 2.24) is 0 Å². The fourth-order valence-electron chi connectivity index (χ4n) is 3.26. The first-order chi connectivity index (χ1) is 10.4. The highest BCUT2D eigenvalue weighted by molar-refractivity contribution is 5.77. The fraction of sp³-hybridized carbons (Fsp3) is 0.500. The van der Waals surface area contributed by atoms with Crippen LogP contribution in [0.5, 0.6) is 0 Å². The molecular weight excluding hydrogens is 298 g/mol. The lowest BCUT2D eigenvalue weighted by Crippen LogP contribution is -2.28. The zero-order valence-electron chi connectivity index (χ0n) is 11.8. The van der Waals surface area contributed by atoms with Crippen LogP contribution in [0, 0.1) is 39.5 Å². The van der Waals surface area contributed by atoms with Crippen LogP contribution in [0.1, 0.15) is 6.92 Å². The standard InChI is InChI=1S/C14H14F2N2O4/c1-2-22-14(19)12-8-5-17(6-9(8)12)13-10(15)3-7(18(20)21)4-11(13)16/h3-4,8-9,12H,2,5-6H2,1H3. The smallest absolute Gasteiger partial charge is 0.309 e. The number of rotatable bonds is 4. The number of nitro benzene ring substituents is 1. The number of esters is 1. The Bertz CT molecular complexity index is 617. The van der Waals surface area contributed by atoms with Crippen molar-refractivity contribution >= 4 is 17.3 Å². The van der Waals surface area contributed by atoms with Gasteiger partial charge in [0.05, 0.1) is 29.6 Å². The predicted octanol–water partition coefficient (Wildman–Crippen LogP) is 2.12. The molecule has 0 spiro atoms. The van der Waals surface area contributed by atoms with Crippen LogP contribution < -0.4 is 4.90 Å². The molecule has 8 heteroatoms. The molecule has 2 fully saturated rings. The second-order valence-corrected chi connectivity index (χ2v) is 5.53. The molecule has 22 heavy (non-hydrogen) atoms. The third kappa shape index (κ3) is 2.28. The van der Waals surface area contributed by atoms with E-state index in [9.17, 15) is 23.7 Å². The molecule has 1 saturated heterocycles. The van der Waals surface area contributed by atoms with Crippen LogP contribution in [-0.2, 0) is 9.53 Å². The number of benzene rings is 1. The zero-order valence-corrected chi connectivity index (χ0v) is 11.8. The van der Waals surface area contributed by atoms with Crippen molar-refractivity contribution in [1.29, 1.82) is 0 Å². The molecule has 0 amide bonds. The number of hydrogen-bond donors (Lipinski definition) is 0. The van der Waals surface area contributed by atoms with Crippen molar-refractivity contribution in [3.63, 3.8) is 0 Å². The van der Waals surface area contributed by atoms with Gasteiger partial charge in [0, 0.05) is 13.1 Å². The SMILES string of the molecule is CCOC(=O)C1C2CN(c3c(F)cc([N+](=O)[O-])cc3F)CC21. The van der Waals surface area contributed by atoms with Crippen LogP contribution in [0.25, 0.3) is 0 Å². The summed E-state index contributed by atoms with van der Waals surface area (Å²) >= 11 is 0. The van der Waals surface area contributed by atoms with Gasteiger partial charge in [0.15, 0.2) is 11.6 Å². The lowest BCUT2D eigenvalue weighted by Gasteiger charge is -2.22. The van der Waals surface area contributed by atoms with Crippen molar-refractivity contribution in [3.05, 3.63) is 33.9 Å². The maximum absolute atomic E-state index is 14.0. The summed E-state index contributed by atoms with van der Waals surface area (Å²) in [7, 11) is 0. The number of nitro groups is 1. The van der Waals surface area contributed by atoms with Gasteiger partial charge in [0.2, 0.25) is 0 Å². The molecule has 6 nitrogen and oxygen atoms in total. The topological polar surface area (TPSA) is 72.7 Å².